The van der Waals surface area contributed by atoms with Crippen LogP contribution in [0.1, 0.15) is 22.3 Å². The van der Waals surface area contributed by atoms with E-state index < -0.39 is 0 Å². The molecule has 0 atom stereocenters. The summed E-state index contributed by atoms with van der Waals surface area (Å²) in [6.45, 7) is 4.65. The molecule has 2 aromatic rings. The number of carbonyl (C=O) groups is 1. The summed E-state index contributed by atoms with van der Waals surface area (Å²) in [6, 6.07) is 3.41. The fourth-order valence-corrected chi connectivity index (χ4v) is 2.83. The molecule has 1 saturated heterocycles. The molecule has 0 spiro atoms. The van der Waals surface area contributed by atoms with Gasteiger partial charge in [0.25, 0.3) is 11.5 Å². The predicted octanol–water partition coefficient (Wildman–Crippen LogP) is 0.836. The van der Waals surface area contributed by atoms with Crippen molar-refractivity contribution in [3.8, 4) is 0 Å². The second-order valence-electron chi connectivity index (χ2n) is 6.08. The van der Waals surface area contributed by atoms with Crippen molar-refractivity contribution < 1.29 is 4.79 Å². The molecule has 24 heavy (non-hydrogen) atoms. The summed E-state index contributed by atoms with van der Waals surface area (Å²) in [7, 11) is 1.68. The summed E-state index contributed by atoms with van der Waals surface area (Å²) >= 11 is 0. The molecule has 1 aliphatic heterocycles. The lowest BCUT2D eigenvalue weighted by Gasteiger charge is -2.22. The van der Waals surface area contributed by atoms with Crippen LogP contribution in [0, 0.1) is 6.92 Å². The lowest BCUT2D eigenvalue weighted by molar-refractivity contribution is 0.0766. The van der Waals surface area contributed by atoms with E-state index in [1.165, 1.54) is 10.9 Å². The number of anilines is 1. The van der Waals surface area contributed by atoms with Gasteiger partial charge in [-0.2, -0.15) is 0 Å². The van der Waals surface area contributed by atoms with Crippen molar-refractivity contribution >= 4 is 11.7 Å². The van der Waals surface area contributed by atoms with E-state index in [4.69, 9.17) is 0 Å². The molecule has 1 fully saturated rings. The highest BCUT2D eigenvalue weighted by atomic mass is 16.2. The van der Waals surface area contributed by atoms with Crippen LogP contribution >= 0.6 is 0 Å². The number of hydrogen-bond acceptors (Lipinski definition) is 5. The molecular formula is C17H21N5O2. The monoisotopic (exact) mass is 327 g/mol. The van der Waals surface area contributed by atoms with Gasteiger partial charge in [-0.25, -0.2) is 4.98 Å². The Morgan fingerprint density at radius 2 is 1.96 bits per heavy atom. The van der Waals surface area contributed by atoms with E-state index in [1.807, 2.05) is 17.9 Å². The number of pyridine rings is 1. The van der Waals surface area contributed by atoms with E-state index in [9.17, 15) is 9.59 Å². The summed E-state index contributed by atoms with van der Waals surface area (Å²) in [5.74, 6) is 0.676. The van der Waals surface area contributed by atoms with Gasteiger partial charge in [-0.1, -0.05) is 0 Å². The van der Waals surface area contributed by atoms with Gasteiger partial charge in [0.15, 0.2) is 0 Å². The van der Waals surface area contributed by atoms with Gasteiger partial charge in [-0.05, 0) is 25.0 Å². The molecule has 0 aliphatic carbocycles. The highest BCUT2D eigenvalue weighted by Gasteiger charge is 2.21. The Morgan fingerprint density at radius 1 is 1.12 bits per heavy atom. The Bertz CT molecular complexity index is 802. The van der Waals surface area contributed by atoms with Crippen molar-refractivity contribution in [3.05, 3.63) is 52.3 Å². The fourth-order valence-electron chi connectivity index (χ4n) is 2.83. The smallest absolute Gasteiger partial charge is 0.255 e. The molecule has 3 rings (SSSR count). The van der Waals surface area contributed by atoms with Crippen LogP contribution in [0.5, 0.6) is 0 Å². The Hall–Kier alpha value is -2.70. The summed E-state index contributed by atoms with van der Waals surface area (Å²) < 4.78 is 1.45. The van der Waals surface area contributed by atoms with Gasteiger partial charge in [0.05, 0.1) is 11.9 Å². The third-order valence-corrected chi connectivity index (χ3v) is 4.19. The van der Waals surface area contributed by atoms with Gasteiger partial charge >= 0.3 is 0 Å². The molecule has 7 heteroatoms. The minimum atomic E-state index is -0.0805. The van der Waals surface area contributed by atoms with Gasteiger partial charge < -0.3 is 14.4 Å². The summed E-state index contributed by atoms with van der Waals surface area (Å²) in [5, 5.41) is 0. The first kappa shape index (κ1) is 16.2. The Balaban J connectivity index is 1.71. The van der Waals surface area contributed by atoms with Crippen LogP contribution in [0.3, 0.4) is 0 Å². The van der Waals surface area contributed by atoms with E-state index in [-0.39, 0.29) is 11.5 Å². The van der Waals surface area contributed by atoms with E-state index in [1.54, 1.807) is 25.5 Å². The standard InChI is InChI=1S/C17H21N5O2/c1-13-8-14(11-18-10-13)17(24)22-5-3-4-21(6-7-22)15-9-16(23)20(2)12-19-15/h8-12H,3-7H2,1-2H3. The molecule has 0 saturated carbocycles. The van der Waals surface area contributed by atoms with Gasteiger partial charge in [-0.3, -0.25) is 14.6 Å². The zero-order valence-electron chi connectivity index (χ0n) is 14.0. The van der Waals surface area contributed by atoms with Crippen LogP contribution < -0.4 is 10.5 Å². The predicted molar refractivity (Wildman–Crippen MR) is 91.2 cm³/mol. The molecule has 0 N–H and O–H groups in total. The van der Waals surface area contributed by atoms with Gasteiger partial charge in [-0.15, -0.1) is 0 Å². The lowest BCUT2D eigenvalue weighted by Crippen LogP contribution is -2.35. The molecule has 3 heterocycles. The Labute approximate surface area is 140 Å². The molecule has 2 aromatic heterocycles. The first-order valence-electron chi connectivity index (χ1n) is 8.03. The van der Waals surface area contributed by atoms with Crippen molar-refractivity contribution in [1.29, 1.82) is 0 Å². The Kier molecular flexibility index (Phi) is 4.59. The molecule has 126 valence electrons. The highest BCUT2D eigenvalue weighted by molar-refractivity contribution is 5.94. The van der Waals surface area contributed by atoms with Crippen molar-refractivity contribution in [2.45, 2.75) is 13.3 Å². The normalized spacial score (nSPS) is 15.2. The average molecular weight is 327 g/mol. The fraction of sp³-hybridized carbons (Fsp3) is 0.412. The van der Waals surface area contributed by atoms with Crippen LogP contribution in [0.4, 0.5) is 5.82 Å². The zero-order chi connectivity index (χ0) is 17.1. The lowest BCUT2D eigenvalue weighted by atomic mass is 10.2. The van der Waals surface area contributed by atoms with Crippen molar-refractivity contribution in [2.75, 3.05) is 31.1 Å². The molecule has 1 aliphatic rings. The molecule has 0 bridgehead atoms. The van der Waals surface area contributed by atoms with Crippen molar-refractivity contribution in [1.82, 2.24) is 19.4 Å². The van der Waals surface area contributed by atoms with Crippen LogP contribution in [-0.4, -0.2) is 51.5 Å². The van der Waals surface area contributed by atoms with Gasteiger partial charge in [0, 0.05) is 51.7 Å². The molecule has 0 radical (unpaired) electrons. The maximum absolute atomic E-state index is 12.6. The first-order chi connectivity index (χ1) is 11.5. The number of rotatable bonds is 2. The maximum Gasteiger partial charge on any atom is 0.255 e. The summed E-state index contributed by atoms with van der Waals surface area (Å²) in [5.41, 5.74) is 1.51. The topological polar surface area (TPSA) is 71.3 Å². The number of carbonyl (C=O) groups excluding carboxylic acids is 1. The van der Waals surface area contributed by atoms with E-state index in [0.717, 1.165) is 18.5 Å². The summed E-state index contributed by atoms with van der Waals surface area (Å²) in [4.78, 5) is 36.7. The number of nitrogens with zero attached hydrogens (tertiary/aromatic N) is 5. The number of amides is 1. The van der Waals surface area contributed by atoms with Crippen LogP contribution in [0.15, 0.2) is 35.6 Å². The third-order valence-electron chi connectivity index (χ3n) is 4.19. The maximum atomic E-state index is 12.6. The summed E-state index contributed by atoms with van der Waals surface area (Å²) in [6.07, 6.45) is 5.72. The van der Waals surface area contributed by atoms with Gasteiger partial charge in [0.1, 0.15) is 5.82 Å². The largest absolute Gasteiger partial charge is 0.355 e. The van der Waals surface area contributed by atoms with Gasteiger partial charge in [0.2, 0.25) is 0 Å². The SMILES string of the molecule is Cc1cncc(C(=O)N2CCCN(c3cc(=O)n(C)cn3)CC2)c1. The zero-order valence-corrected chi connectivity index (χ0v) is 14.0. The number of aromatic nitrogens is 3. The van der Waals surface area contributed by atoms with Crippen molar-refractivity contribution in [3.63, 3.8) is 0 Å². The van der Waals surface area contributed by atoms with E-state index in [0.29, 0.717) is 31.0 Å². The molecule has 1 amide bonds. The average Bonchev–Trinajstić information content (AvgIpc) is 2.83. The molecule has 7 nitrogen and oxygen atoms in total. The quantitative estimate of drug-likeness (QED) is 0.817. The first-order valence-corrected chi connectivity index (χ1v) is 8.03. The Morgan fingerprint density at radius 3 is 2.71 bits per heavy atom. The third kappa shape index (κ3) is 3.45. The van der Waals surface area contributed by atoms with E-state index >= 15 is 0 Å². The molecule has 0 unspecified atom stereocenters. The number of hydrogen-bond donors (Lipinski definition) is 0. The minimum Gasteiger partial charge on any atom is -0.355 e. The van der Waals surface area contributed by atoms with E-state index in [2.05, 4.69) is 14.9 Å². The van der Waals surface area contributed by atoms with Crippen LogP contribution in [0.2, 0.25) is 0 Å². The van der Waals surface area contributed by atoms with Crippen LogP contribution in [-0.2, 0) is 7.05 Å². The minimum absolute atomic E-state index is 0.00462. The van der Waals surface area contributed by atoms with Crippen LogP contribution in [0.25, 0.3) is 0 Å². The second kappa shape index (κ2) is 6.82. The molecular weight excluding hydrogens is 306 g/mol. The van der Waals surface area contributed by atoms with Crippen molar-refractivity contribution in [2.24, 2.45) is 7.05 Å². The highest BCUT2D eigenvalue weighted by Crippen LogP contribution is 2.14. The molecule has 0 aromatic carbocycles. The number of aryl methyl sites for hydroxylation is 2. The second-order valence-corrected chi connectivity index (χ2v) is 6.08.